The summed E-state index contributed by atoms with van der Waals surface area (Å²) in [6.45, 7) is 4.27. The van der Waals surface area contributed by atoms with Crippen molar-refractivity contribution >= 4 is 0 Å². The number of methoxy groups -OCH3 is 2. The zero-order chi connectivity index (χ0) is 14.6. The van der Waals surface area contributed by atoms with Gasteiger partial charge >= 0.3 is 0 Å². The molecule has 20 heavy (non-hydrogen) atoms. The Morgan fingerprint density at radius 2 is 2.05 bits per heavy atom. The standard InChI is InChI=1S/C16H25NO3/c1-4-13-9-17-10-16(13,11-18)8-12-5-6-14(19-2)15(7-12)20-3/h5-7,13,17-18H,4,8-11H2,1-3H3. The molecule has 1 aliphatic heterocycles. The Balaban J connectivity index is 2.23. The van der Waals surface area contributed by atoms with E-state index in [9.17, 15) is 5.11 Å². The summed E-state index contributed by atoms with van der Waals surface area (Å²) in [5.41, 5.74) is 1.12. The Hall–Kier alpha value is -1.26. The van der Waals surface area contributed by atoms with Crippen LogP contribution in [0.3, 0.4) is 0 Å². The van der Waals surface area contributed by atoms with Crippen LogP contribution in [-0.2, 0) is 6.42 Å². The molecule has 1 saturated heterocycles. The van der Waals surface area contributed by atoms with Gasteiger partial charge in [-0.15, -0.1) is 0 Å². The van der Waals surface area contributed by atoms with Crippen molar-refractivity contribution in [3.8, 4) is 11.5 Å². The van der Waals surface area contributed by atoms with Crippen LogP contribution < -0.4 is 14.8 Å². The second kappa shape index (κ2) is 6.46. The predicted molar refractivity (Wildman–Crippen MR) is 79.4 cm³/mol. The number of ether oxygens (including phenoxy) is 2. The summed E-state index contributed by atoms with van der Waals surface area (Å²) < 4.78 is 10.6. The first-order chi connectivity index (χ1) is 9.69. The first-order valence-electron chi connectivity index (χ1n) is 7.21. The van der Waals surface area contributed by atoms with Crippen LogP contribution in [0.2, 0.25) is 0 Å². The van der Waals surface area contributed by atoms with Crippen LogP contribution in [0.15, 0.2) is 18.2 Å². The minimum atomic E-state index is -0.0612. The monoisotopic (exact) mass is 279 g/mol. The Labute approximate surface area is 121 Å². The van der Waals surface area contributed by atoms with E-state index in [1.165, 1.54) is 5.56 Å². The topological polar surface area (TPSA) is 50.7 Å². The van der Waals surface area contributed by atoms with Gasteiger partial charge in [-0.2, -0.15) is 0 Å². The number of aliphatic hydroxyl groups excluding tert-OH is 1. The molecule has 0 aliphatic carbocycles. The molecule has 2 N–H and O–H groups in total. The molecule has 2 rings (SSSR count). The smallest absolute Gasteiger partial charge is 0.160 e. The van der Waals surface area contributed by atoms with Gasteiger partial charge in [-0.25, -0.2) is 0 Å². The molecule has 4 heteroatoms. The fourth-order valence-corrected chi connectivity index (χ4v) is 3.28. The third-order valence-electron chi connectivity index (χ3n) is 4.55. The molecule has 0 saturated carbocycles. The molecule has 0 bridgehead atoms. The molecular formula is C16H25NO3. The van der Waals surface area contributed by atoms with Crippen LogP contribution in [0.4, 0.5) is 0 Å². The average molecular weight is 279 g/mol. The lowest BCUT2D eigenvalue weighted by Crippen LogP contribution is -2.36. The zero-order valence-corrected chi connectivity index (χ0v) is 12.6. The molecule has 112 valence electrons. The summed E-state index contributed by atoms with van der Waals surface area (Å²) in [4.78, 5) is 0. The fraction of sp³-hybridized carbons (Fsp3) is 0.625. The van der Waals surface area contributed by atoms with E-state index in [0.717, 1.165) is 37.4 Å². The minimum Gasteiger partial charge on any atom is -0.493 e. The van der Waals surface area contributed by atoms with Gasteiger partial charge in [0.15, 0.2) is 11.5 Å². The van der Waals surface area contributed by atoms with E-state index in [4.69, 9.17) is 9.47 Å². The summed E-state index contributed by atoms with van der Waals surface area (Å²) in [5.74, 6) is 2.00. The first-order valence-corrected chi connectivity index (χ1v) is 7.21. The molecule has 2 atom stereocenters. The maximum absolute atomic E-state index is 9.91. The van der Waals surface area contributed by atoms with Gasteiger partial charge in [-0.05, 0) is 36.6 Å². The molecule has 4 nitrogen and oxygen atoms in total. The van der Waals surface area contributed by atoms with Crippen LogP contribution in [0.25, 0.3) is 0 Å². The van der Waals surface area contributed by atoms with Crippen LogP contribution in [-0.4, -0.2) is 39.0 Å². The highest BCUT2D eigenvalue weighted by molar-refractivity contribution is 5.43. The van der Waals surface area contributed by atoms with E-state index >= 15 is 0 Å². The highest BCUT2D eigenvalue weighted by atomic mass is 16.5. The Kier molecular flexibility index (Phi) is 4.89. The predicted octanol–water partition coefficient (Wildman–Crippen LogP) is 1.85. The lowest BCUT2D eigenvalue weighted by atomic mass is 9.73. The number of benzene rings is 1. The lowest BCUT2D eigenvalue weighted by molar-refractivity contribution is 0.0963. The van der Waals surface area contributed by atoms with Gasteiger partial charge < -0.3 is 19.9 Å². The molecule has 1 aromatic rings. The van der Waals surface area contributed by atoms with E-state index in [1.54, 1.807) is 14.2 Å². The van der Waals surface area contributed by atoms with Crippen LogP contribution in [0.1, 0.15) is 18.9 Å². The number of hydrogen-bond acceptors (Lipinski definition) is 4. The molecule has 0 aromatic heterocycles. The molecule has 1 aliphatic rings. The van der Waals surface area contributed by atoms with Crippen molar-refractivity contribution in [3.05, 3.63) is 23.8 Å². The number of rotatable bonds is 6. The van der Waals surface area contributed by atoms with Crippen LogP contribution in [0.5, 0.6) is 11.5 Å². The lowest BCUT2D eigenvalue weighted by Gasteiger charge is -2.32. The SMILES string of the molecule is CCC1CNCC1(CO)Cc1ccc(OC)c(OC)c1. The van der Waals surface area contributed by atoms with Crippen molar-refractivity contribution in [1.82, 2.24) is 5.32 Å². The third-order valence-corrected chi connectivity index (χ3v) is 4.55. The zero-order valence-electron chi connectivity index (χ0n) is 12.6. The van der Waals surface area contributed by atoms with E-state index in [0.29, 0.717) is 5.92 Å². The summed E-state index contributed by atoms with van der Waals surface area (Å²) in [6, 6.07) is 6.01. The van der Waals surface area contributed by atoms with Crippen molar-refractivity contribution in [3.63, 3.8) is 0 Å². The van der Waals surface area contributed by atoms with Gasteiger partial charge in [0, 0.05) is 12.0 Å². The molecule has 0 radical (unpaired) electrons. The quantitative estimate of drug-likeness (QED) is 0.834. The highest BCUT2D eigenvalue weighted by Gasteiger charge is 2.41. The van der Waals surface area contributed by atoms with Crippen molar-refractivity contribution in [2.45, 2.75) is 19.8 Å². The molecule has 1 aromatic carbocycles. The number of aliphatic hydroxyl groups is 1. The van der Waals surface area contributed by atoms with Crippen molar-refractivity contribution < 1.29 is 14.6 Å². The van der Waals surface area contributed by atoms with Crippen LogP contribution in [0, 0.1) is 11.3 Å². The third kappa shape index (κ3) is 2.76. The van der Waals surface area contributed by atoms with E-state index in [-0.39, 0.29) is 12.0 Å². The molecule has 1 heterocycles. The van der Waals surface area contributed by atoms with Gasteiger partial charge in [0.2, 0.25) is 0 Å². The Bertz CT molecular complexity index is 449. The molecular weight excluding hydrogens is 254 g/mol. The summed E-state index contributed by atoms with van der Waals surface area (Å²) in [6.07, 6.45) is 1.94. The van der Waals surface area contributed by atoms with Crippen molar-refractivity contribution in [2.75, 3.05) is 33.9 Å². The van der Waals surface area contributed by atoms with E-state index in [1.807, 2.05) is 12.1 Å². The maximum Gasteiger partial charge on any atom is 0.160 e. The Morgan fingerprint density at radius 1 is 1.30 bits per heavy atom. The number of hydrogen-bond donors (Lipinski definition) is 2. The molecule has 1 fully saturated rings. The minimum absolute atomic E-state index is 0.0612. The van der Waals surface area contributed by atoms with Gasteiger partial charge in [-0.3, -0.25) is 0 Å². The van der Waals surface area contributed by atoms with Gasteiger partial charge in [-0.1, -0.05) is 19.4 Å². The van der Waals surface area contributed by atoms with Gasteiger partial charge in [0.05, 0.1) is 20.8 Å². The number of nitrogens with one attached hydrogen (secondary N) is 1. The molecule has 2 unspecified atom stereocenters. The normalized spacial score (nSPS) is 25.7. The fourth-order valence-electron chi connectivity index (χ4n) is 3.28. The second-order valence-electron chi connectivity index (χ2n) is 5.62. The second-order valence-corrected chi connectivity index (χ2v) is 5.62. The van der Waals surface area contributed by atoms with Crippen molar-refractivity contribution in [2.24, 2.45) is 11.3 Å². The highest BCUT2D eigenvalue weighted by Crippen LogP contribution is 2.38. The molecule has 0 spiro atoms. The molecule has 0 amide bonds. The van der Waals surface area contributed by atoms with Gasteiger partial charge in [0.1, 0.15) is 0 Å². The largest absolute Gasteiger partial charge is 0.493 e. The first kappa shape index (κ1) is 15.1. The van der Waals surface area contributed by atoms with Crippen LogP contribution >= 0.6 is 0 Å². The van der Waals surface area contributed by atoms with E-state index in [2.05, 4.69) is 18.3 Å². The summed E-state index contributed by atoms with van der Waals surface area (Å²) in [5, 5.41) is 13.3. The van der Waals surface area contributed by atoms with Crippen molar-refractivity contribution in [1.29, 1.82) is 0 Å². The summed E-state index contributed by atoms with van der Waals surface area (Å²) in [7, 11) is 3.29. The van der Waals surface area contributed by atoms with Gasteiger partial charge in [0.25, 0.3) is 0 Å². The summed E-state index contributed by atoms with van der Waals surface area (Å²) >= 11 is 0. The van der Waals surface area contributed by atoms with E-state index < -0.39 is 0 Å². The average Bonchev–Trinajstić information content (AvgIpc) is 2.90. The Morgan fingerprint density at radius 3 is 2.65 bits per heavy atom. The maximum atomic E-state index is 9.91.